The van der Waals surface area contributed by atoms with Crippen LogP contribution in [0.1, 0.15) is 25.3 Å². The van der Waals surface area contributed by atoms with Gasteiger partial charge in [-0.3, -0.25) is 9.59 Å². The van der Waals surface area contributed by atoms with E-state index in [9.17, 15) is 9.59 Å². The molecule has 0 aliphatic carbocycles. The molecule has 1 aliphatic heterocycles. The second-order valence-electron chi connectivity index (χ2n) is 5.20. The van der Waals surface area contributed by atoms with E-state index in [0.29, 0.717) is 29.2 Å². The van der Waals surface area contributed by atoms with Crippen LogP contribution in [0.4, 0.5) is 0 Å². The fraction of sp³-hybridized carbons (Fsp3) is 0.375. The molecule has 24 heavy (non-hydrogen) atoms. The summed E-state index contributed by atoms with van der Waals surface area (Å²) in [6.07, 6.45) is 2.05. The van der Waals surface area contributed by atoms with E-state index in [0.717, 1.165) is 0 Å². The fourth-order valence-electron chi connectivity index (χ4n) is 2.35. The Morgan fingerprint density at radius 3 is 2.83 bits per heavy atom. The number of rotatable bonds is 7. The van der Waals surface area contributed by atoms with Crippen molar-refractivity contribution in [3.63, 3.8) is 0 Å². The highest BCUT2D eigenvalue weighted by Gasteiger charge is 2.26. The summed E-state index contributed by atoms with van der Waals surface area (Å²) in [4.78, 5) is 23.3. The smallest absolute Gasteiger partial charge is 0.248 e. The second kappa shape index (κ2) is 8.09. The maximum atomic E-state index is 11.8. The number of benzene rings is 1. The molecule has 0 aromatic heterocycles. The van der Waals surface area contributed by atoms with Gasteiger partial charge in [0.15, 0.2) is 11.5 Å². The Morgan fingerprint density at radius 2 is 2.21 bits per heavy atom. The van der Waals surface area contributed by atoms with Gasteiger partial charge in [-0.15, -0.1) is 0 Å². The highest BCUT2D eigenvalue weighted by molar-refractivity contribution is 6.07. The lowest BCUT2D eigenvalue weighted by Crippen LogP contribution is -2.25. The second-order valence-corrected chi connectivity index (χ2v) is 5.20. The predicted molar refractivity (Wildman–Crippen MR) is 89.3 cm³/mol. The SMILES string of the molecule is COc1cccc(/C=N/NC(=O)CCC2C(=O)NN=C2C)c1OC. The van der Waals surface area contributed by atoms with E-state index in [1.165, 1.54) is 13.3 Å². The van der Waals surface area contributed by atoms with Crippen molar-refractivity contribution < 1.29 is 19.1 Å². The fourth-order valence-corrected chi connectivity index (χ4v) is 2.35. The summed E-state index contributed by atoms with van der Waals surface area (Å²) in [6, 6.07) is 5.36. The number of hydrazone groups is 2. The van der Waals surface area contributed by atoms with Crippen LogP contribution in [-0.2, 0) is 9.59 Å². The van der Waals surface area contributed by atoms with E-state index in [-0.39, 0.29) is 24.2 Å². The number of carbonyl (C=O) groups is 2. The van der Waals surface area contributed by atoms with E-state index in [2.05, 4.69) is 21.1 Å². The number of methoxy groups -OCH3 is 2. The molecule has 2 N–H and O–H groups in total. The van der Waals surface area contributed by atoms with Crippen molar-refractivity contribution in [2.45, 2.75) is 19.8 Å². The number of hydrogen-bond acceptors (Lipinski definition) is 6. The summed E-state index contributed by atoms with van der Waals surface area (Å²) >= 11 is 0. The Kier molecular flexibility index (Phi) is 5.89. The van der Waals surface area contributed by atoms with E-state index in [4.69, 9.17) is 9.47 Å². The number of ether oxygens (including phenoxy) is 2. The topological polar surface area (TPSA) is 101 Å². The minimum Gasteiger partial charge on any atom is -0.493 e. The highest BCUT2D eigenvalue weighted by atomic mass is 16.5. The first kappa shape index (κ1) is 17.5. The van der Waals surface area contributed by atoms with Gasteiger partial charge in [-0.2, -0.15) is 10.2 Å². The summed E-state index contributed by atoms with van der Waals surface area (Å²) in [5.74, 6) is 0.311. The van der Waals surface area contributed by atoms with Gasteiger partial charge in [-0.1, -0.05) is 6.07 Å². The molecule has 0 spiro atoms. The average Bonchev–Trinajstić information content (AvgIpc) is 2.90. The van der Waals surface area contributed by atoms with Crippen molar-refractivity contribution in [3.8, 4) is 11.5 Å². The van der Waals surface area contributed by atoms with Crippen molar-refractivity contribution >= 4 is 23.7 Å². The highest BCUT2D eigenvalue weighted by Crippen LogP contribution is 2.29. The molecular formula is C16H20N4O4. The van der Waals surface area contributed by atoms with Gasteiger partial charge < -0.3 is 9.47 Å². The monoisotopic (exact) mass is 332 g/mol. The lowest BCUT2D eigenvalue weighted by molar-refractivity contribution is -0.123. The summed E-state index contributed by atoms with van der Waals surface area (Å²) in [5.41, 5.74) is 6.20. The standard InChI is InChI=1S/C16H20N4O4/c1-10-12(16(22)20-18-10)7-8-14(21)19-17-9-11-5-4-6-13(23-2)15(11)24-3/h4-6,9,12H,7-8H2,1-3H3,(H,19,21)(H,20,22)/b17-9+. The molecule has 1 aromatic carbocycles. The molecule has 1 aromatic rings. The van der Waals surface area contributed by atoms with Crippen molar-refractivity contribution in [2.24, 2.45) is 16.1 Å². The third-order valence-corrected chi connectivity index (χ3v) is 3.65. The molecule has 0 saturated carbocycles. The summed E-state index contributed by atoms with van der Waals surface area (Å²) < 4.78 is 10.5. The van der Waals surface area contributed by atoms with Crippen LogP contribution in [0.2, 0.25) is 0 Å². The number of nitrogens with one attached hydrogen (secondary N) is 2. The first-order chi connectivity index (χ1) is 11.6. The summed E-state index contributed by atoms with van der Waals surface area (Å²) in [6.45, 7) is 1.76. The summed E-state index contributed by atoms with van der Waals surface area (Å²) in [5, 5.41) is 7.76. The zero-order valence-electron chi connectivity index (χ0n) is 13.8. The Balaban J connectivity index is 1.89. The minimum absolute atomic E-state index is 0.176. The van der Waals surface area contributed by atoms with Crippen LogP contribution in [-0.4, -0.2) is 38.0 Å². The zero-order valence-corrected chi connectivity index (χ0v) is 13.8. The van der Waals surface area contributed by atoms with Crippen LogP contribution < -0.4 is 20.3 Å². The van der Waals surface area contributed by atoms with Crippen LogP contribution in [0.15, 0.2) is 28.4 Å². The largest absolute Gasteiger partial charge is 0.493 e. The zero-order chi connectivity index (χ0) is 17.5. The Labute approximate surface area is 139 Å². The first-order valence-corrected chi connectivity index (χ1v) is 7.43. The van der Waals surface area contributed by atoms with Gasteiger partial charge in [0.2, 0.25) is 11.8 Å². The van der Waals surface area contributed by atoms with Crippen molar-refractivity contribution in [3.05, 3.63) is 23.8 Å². The molecule has 2 rings (SSSR count). The van der Waals surface area contributed by atoms with Crippen LogP contribution >= 0.6 is 0 Å². The van der Waals surface area contributed by atoms with Gasteiger partial charge >= 0.3 is 0 Å². The normalized spacial score (nSPS) is 16.7. The molecule has 1 heterocycles. The number of nitrogens with zero attached hydrogens (tertiary/aromatic N) is 2. The molecule has 1 unspecified atom stereocenters. The Hall–Kier alpha value is -2.90. The van der Waals surface area contributed by atoms with Crippen molar-refractivity contribution in [2.75, 3.05) is 14.2 Å². The molecule has 128 valence electrons. The van der Waals surface area contributed by atoms with Gasteiger partial charge in [-0.05, 0) is 25.5 Å². The first-order valence-electron chi connectivity index (χ1n) is 7.43. The van der Waals surface area contributed by atoms with Gasteiger partial charge in [0.1, 0.15) is 0 Å². The molecule has 0 fully saturated rings. The molecule has 8 nitrogen and oxygen atoms in total. The van der Waals surface area contributed by atoms with Crippen molar-refractivity contribution in [1.29, 1.82) is 0 Å². The Bertz CT molecular complexity index is 685. The van der Waals surface area contributed by atoms with Crippen molar-refractivity contribution in [1.82, 2.24) is 10.9 Å². The van der Waals surface area contributed by atoms with Gasteiger partial charge in [0, 0.05) is 17.7 Å². The number of hydrogen-bond donors (Lipinski definition) is 2. The quantitative estimate of drug-likeness (QED) is 0.576. The minimum atomic E-state index is -0.349. The lowest BCUT2D eigenvalue weighted by Gasteiger charge is -2.09. The van der Waals surface area contributed by atoms with Crippen LogP contribution in [0.3, 0.4) is 0 Å². The summed E-state index contributed by atoms with van der Waals surface area (Å²) in [7, 11) is 3.08. The third kappa shape index (κ3) is 4.09. The van der Waals surface area contributed by atoms with E-state index in [1.807, 2.05) is 0 Å². The van der Waals surface area contributed by atoms with Gasteiger partial charge in [0.25, 0.3) is 0 Å². The Morgan fingerprint density at radius 1 is 1.42 bits per heavy atom. The lowest BCUT2D eigenvalue weighted by atomic mass is 9.99. The molecule has 8 heteroatoms. The third-order valence-electron chi connectivity index (χ3n) is 3.65. The molecule has 2 amide bonds. The maximum absolute atomic E-state index is 11.8. The van der Waals surface area contributed by atoms with Crippen LogP contribution in [0.5, 0.6) is 11.5 Å². The van der Waals surface area contributed by atoms with Gasteiger partial charge in [0.05, 0.1) is 26.4 Å². The van der Waals surface area contributed by atoms with E-state index >= 15 is 0 Å². The number of amides is 2. The number of carbonyl (C=O) groups excluding carboxylic acids is 2. The van der Waals surface area contributed by atoms with Gasteiger partial charge in [-0.25, -0.2) is 10.9 Å². The van der Waals surface area contributed by atoms with Crippen LogP contribution in [0, 0.1) is 5.92 Å². The molecule has 0 bridgehead atoms. The maximum Gasteiger partial charge on any atom is 0.248 e. The molecule has 0 radical (unpaired) electrons. The number of para-hydroxylation sites is 1. The molecular weight excluding hydrogens is 312 g/mol. The van der Waals surface area contributed by atoms with E-state index in [1.54, 1.807) is 32.2 Å². The van der Waals surface area contributed by atoms with E-state index < -0.39 is 0 Å². The average molecular weight is 332 g/mol. The molecule has 1 aliphatic rings. The molecule has 1 atom stereocenters. The predicted octanol–water partition coefficient (Wildman–Crippen LogP) is 1.06. The molecule has 0 saturated heterocycles. The van der Waals surface area contributed by atoms with Crippen LogP contribution in [0.25, 0.3) is 0 Å².